The molecule has 0 radical (unpaired) electrons. The average molecular weight is 532 g/mol. The first-order chi connectivity index (χ1) is 18.3. The number of carbonyl (C=O) groups is 2. The zero-order valence-corrected chi connectivity index (χ0v) is 22.6. The molecule has 210 valence electrons. The molecule has 4 saturated heterocycles. The van der Waals surface area contributed by atoms with Crippen molar-refractivity contribution in [3.8, 4) is 0 Å². The summed E-state index contributed by atoms with van der Waals surface area (Å²) in [5, 5.41) is 0. The smallest absolute Gasteiger partial charge is 0.414 e. The molecule has 38 heavy (non-hydrogen) atoms. The summed E-state index contributed by atoms with van der Waals surface area (Å²) in [5.41, 5.74) is 1.44. The molecule has 2 bridgehead atoms. The summed E-state index contributed by atoms with van der Waals surface area (Å²) in [7, 11) is 0. The summed E-state index contributed by atoms with van der Waals surface area (Å²) >= 11 is 0. The maximum atomic E-state index is 14.4. The van der Waals surface area contributed by atoms with Gasteiger partial charge in [0.05, 0.1) is 25.0 Å². The number of anilines is 1. The molecule has 2 unspecified atom stereocenters. The topological polar surface area (TPSA) is 71.6 Å². The lowest BCUT2D eigenvalue weighted by Crippen LogP contribution is -2.60. The van der Waals surface area contributed by atoms with Gasteiger partial charge in [-0.15, -0.1) is 0 Å². The van der Waals surface area contributed by atoms with Crippen molar-refractivity contribution < 1.29 is 29.6 Å². The van der Waals surface area contributed by atoms with E-state index in [0.717, 1.165) is 69.3 Å². The van der Waals surface area contributed by atoms with Crippen LogP contribution in [-0.2, 0) is 19.6 Å². The van der Waals surface area contributed by atoms with Crippen LogP contribution >= 0.6 is 0 Å². The summed E-state index contributed by atoms with van der Waals surface area (Å²) < 4.78 is 31.1. The van der Waals surface area contributed by atoms with E-state index in [1.54, 1.807) is 17.0 Å². The summed E-state index contributed by atoms with van der Waals surface area (Å²) in [4.78, 5) is 32.3. The Labute approximate surface area is 225 Å². The number of hydrogen-bond donors (Lipinski definition) is 0. The highest BCUT2D eigenvalue weighted by Gasteiger charge is 2.50. The average Bonchev–Trinajstić information content (AvgIpc) is 3.50. The second-order valence-corrected chi connectivity index (χ2v) is 12.1. The van der Waals surface area contributed by atoms with Crippen LogP contribution in [0.1, 0.15) is 72.2 Å². The number of hydrogen-bond acceptors (Lipinski definition) is 6. The normalized spacial score (nSPS) is 30.5. The number of rotatable bonds is 3. The number of carbonyl (C=O) groups excluding carboxylic acids is 2. The number of nitrogens with zero attached hydrogens (tertiary/aromatic N) is 3. The largest absolute Gasteiger partial charge is 0.447 e. The Bertz CT molecular complexity index is 1050. The Balaban J connectivity index is 0.00000308. The van der Waals surface area contributed by atoms with E-state index in [0.29, 0.717) is 32.2 Å². The van der Waals surface area contributed by atoms with Gasteiger partial charge in [0.25, 0.3) is 0 Å². The standard InChI is InChI=1S/C29H40FN3O5.H2/c1-19(2)37-28(35)33-21-4-3-5-22(33)16-23(15-21)31-11-9-29(10-12-31)18-32(26-7-6-20(30)14-25(26)29)27(34)38-24-8-13-36-17-24;/h6-7,14,19,21-24H,3-5,8-13,15-18H2,1-2H3;1H/t21?,22?,23?,24-;/m0./s1. The number of halogens is 1. The molecule has 5 heterocycles. The molecular formula is C29H42FN3O5. The van der Waals surface area contributed by atoms with Crippen LogP contribution in [0.2, 0.25) is 0 Å². The minimum Gasteiger partial charge on any atom is -0.447 e. The van der Waals surface area contributed by atoms with Crippen LogP contribution in [-0.4, -0.2) is 85.2 Å². The van der Waals surface area contributed by atoms with E-state index < -0.39 is 0 Å². The van der Waals surface area contributed by atoms with E-state index >= 15 is 0 Å². The van der Waals surface area contributed by atoms with Crippen LogP contribution in [0.3, 0.4) is 0 Å². The molecule has 5 aliphatic heterocycles. The lowest BCUT2D eigenvalue weighted by Gasteiger charge is -2.52. The van der Waals surface area contributed by atoms with Gasteiger partial charge in [0, 0.05) is 37.9 Å². The lowest BCUT2D eigenvalue weighted by atomic mass is 9.73. The molecule has 0 N–H and O–H groups in total. The number of amides is 2. The van der Waals surface area contributed by atoms with E-state index in [9.17, 15) is 14.0 Å². The summed E-state index contributed by atoms with van der Waals surface area (Å²) in [6.07, 6.45) is 6.79. The molecule has 3 atom stereocenters. The molecule has 0 saturated carbocycles. The van der Waals surface area contributed by atoms with Gasteiger partial charge < -0.3 is 24.0 Å². The van der Waals surface area contributed by atoms with Crippen LogP contribution in [0.4, 0.5) is 19.7 Å². The van der Waals surface area contributed by atoms with E-state index in [1.807, 2.05) is 18.7 Å². The fourth-order valence-electron chi connectivity index (χ4n) is 7.57. The van der Waals surface area contributed by atoms with E-state index in [1.165, 1.54) is 6.07 Å². The highest BCUT2D eigenvalue weighted by atomic mass is 19.1. The minimum absolute atomic E-state index is 0. The monoisotopic (exact) mass is 531 g/mol. The van der Waals surface area contributed by atoms with E-state index in [4.69, 9.17) is 14.2 Å². The number of benzene rings is 1. The molecule has 4 fully saturated rings. The number of piperidine rings is 3. The molecule has 5 aliphatic rings. The van der Waals surface area contributed by atoms with Crippen molar-refractivity contribution in [2.24, 2.45) is 0 Å². The Kier molecular flexibility index (Phi) is 7.01. The van der Waals surface area contributed by atoms with Gasteiger partial charge in [-0.05, 0) is 95.6 Å². The van der Waals surface area contributed by atoms with Gasteiger partial charge in [0.15, 0.2) is 0 Å². The van der Waals surface area contributed by atoms with Crippen LogP contribution < -0.4 is 4.90 Å². The molecule has 1 aromatic carbocycles. The van der Waals surface area contributed by atoms with Crippen LogP contribution in [0.25, 0.3) is 0 Å². The summed E-state index contributed by atoms with van der Waals surface area (Å²) in [6.45, 7) is 7.18. The van der Waals surface area contributed by atoms with Crippen molar-refractivity contribution in [2.75, 3.05) is 37.7 Å². The molecule has 1 aromatic rings. The maximum absolute atomic E-state index is 14.4. The van der Waals surface area contributed by atoms with Gasteiger partial charge in [-0.3, -0.25) is 4.90 Å². The van der Waals surface area contributed by atoms with Gasteiger partial charge in [-0.2, -0.15) is 0 Å². The highest BCUT2D eigenvalue weighted by molar-refractivity contribution is 5.91. The van der Waals surface area contributed by atoms with Crippen molar-refractivity contribution in [3.05, 3.63) is 29.6 Å². The van der Waals surface area contributed by atoms with E-state index in [-0.39, 0.29) is 49.1 Å². The zero-order chi connectivity index (χ0) is 26.4. The molecule has 2 amide bonds. The molecule has 8 nitrogen and oxygen atoms in total. The van der Waals surface area contributed by atoms with Gasteiger partial charge in [-0.25, -0.2) is 14.0 Å². The predicted molar refractivity (Wildman–Crippen MR) is 142 cm³/mol. The minimum atomic E-state index is -0.360. The van der Waals surface area contributed by atoms with Crippen molar-refractivity contribution >= 4 is 17.9 Å². The predicted octanol–water partition coefficient (Wildman–Crippen LogP) is 5.08. The van der Waals surface area contributed by atoms with Crippen LogP contribution in [0.5, 0.6) is 0 Å². The van der Waals surface area contributed by atoms with Gasteiger partial charge in [-0.1, -0.05) is 0 Å². The molecular weight excluding hydrogens is 489 g/mol. The van der Waals surface area contributed by atoms with E-state index in [2.05, 4.69) is 4.90 Å². The van der Waals surface area contributed by atoms with Crippen molar-refractivity contribution in [1.29, 1.82) is 0 Å². The molecule has 1 spiro atoms. The summed E-state index contributed by atoms with van der Waals surface area (Å²) in [6, 6.07) is 5.69. The number of fused-ring (bicyclic) bond motifs is 4. The second-order valence-electron chi connectivity index (χ2n) is 12.1. The third-order valence-electron chi connectivity index (χ3n) is 9.43. The summed E-state index contributed by atoms with van der Waals surface area (Å²) in [5.74, 6) is -0.265. The van der Waals surface area contributed by atoms with Crippen molar-refractivity contribution in [1.82, 2.24) is 9.80 Å². The first-order valence-electron chi connectivity index (χ1n) is 14.4. The zero-order valence-electron chi connectivity index (χ0n) is 22.6. The Morgan fingerprint density at radius 1 is 1.08 bits per heavy atom. The molecule has 0 aliphatic carbocycles. The fraction of sp³-hybridized carbons (Fsp3) is 0.724. The SMILES string of the molecule is CC(C)OC(=O)N1C2CCCC1CC(N1CCC3(CC1)CN(C(=O)O[C@H]1CCOC1)c1ccc(F)cc13)C2.[HH]. The van der Waals surface area contributed by atoms with Gasteiger partial charge >= 0.3 is 12.2 Å². The third-order valence-corrected chi connectivity index (χ3v) is 9.43. The first-order valence-corrected chi connectivity index (χ1v) is 14.4. The van der Waals surface area contributed by atoms with Crippen LogP contribution in [0.15, 0.2) is 18.2 Å². The number of likely N-dealkylation sites (tertiary alicyclic amines) is 1. The van der Waals surface area contributed by atoms with Crippen LogP contribution in [0, 0.1) is 5.82 Å². The second kappa shape index (κ2) is 10.3. The molecule has 9 heteroatoms. The van der Waals surface area contributed by atoms with Gasteiger partial charge in [0.1, 0.15) is 11.9 Å². The highest BCUT2D eigenvalue weighted by Crippen LogP contribution is 2.48. The third kappa shape index (κ3) is 4.76. The van der Waals surface area contributed by atoms with Crippen molar-refractivity contribution in [2.45, 2.75) is 101 Å². The Hall–Kier alpha value is -2.39. The number of ether oxygens (including phenoxy) is 3. The van der Waals surface area contributed by atoms with Gasteiger partial charge in [0.2, 0.25) is 0 Å². The molecule has 6 rings (SSSR count). The first kappa shape index (κ1) is 25.9. The lowest BCUT2D eigenvalue weighted by molar-refractivity contribution is -0.0240. The quantitative estimate of drug-likeness (QED) is 0.542. The maximum Gasteiger partial charge on any atom is 0.414 e. The molecule has 0 aromatic heterocycles. The Morgan fingerprint density at radius 2 is 1.82 bits per heavy atom. The fourth-order valence-corrected chi connectivity index (χ4v) is 7.57. The Morgan fingerprint density at radius 3 is 2.47 bits per heavy atom. The van der Waals surface area contributed by atoms with Crippen molar-refractivity contribution in [3.63, 3.8) is 0 Å².